The van der Waals surface area contributed by atoms with E-state index in [1.54, 1.807) is 13.2 Å². The van der Waals surface area contributed by atoms with Crippen molar-refractivity contribution in [2.45, 2.75) is 25.9 Å². The molecule has 0 spiro atoms. The van der Waals surface area contributed by atoms with Gasteiger partial charge in [0.15, 0.2) is 0 Å². The topological polar surface area (TPSA) is 21.3 Å². The van der Waals surface area contributed by atoms with Gasteiger partial charge in [-0.3, -0.25) is 0 Å². The number of halogens is 2. The lowest BCUT2D eigenvalue weighted by atomic mass is 10.1. The van der Waals surface area contributed by atoms with Crippen LogP contribution in [-0.2, 0) is 4.74 Å². The third kappa shape index (κ3) is 3.95. The Morgan fingerprint density at radius 2 is 2.00 bits per heavy atom. The number of hydrogen-bond acceptors (Lipinski definition) is 2. The molecule has 0 aromatic heterocycles. The van der Waals surface area contributed by atoms with Crippen LogP contribution in [0.2, 0.25) is 10.0 Å². The van der Waals surface area contributed by atoms with Gasteiger partial charge in [-0.25, -0.2) is 0 Å². The minimum atomic E-state index is 0.176. The molecule has 4 heteroatoms. The fourth-order valence-electron chi connectivity index (χ4n) is 1.67. The van der Waals surface area contributed by atoms with Crippen molar-refractivity contribution in [1.82, 2.24) is 5.32 Å². The van der Waals surface area contributed by atoms with Crippen molar-refractivity contribution in [1.29, 1.82) is 0 Å². The normalized spacial score (nSPS) is 14.8. The first-order chi connectivity index (χ1) is 7.54. The molecule has 2 unspecified atom stereocenters. The highest BCUT2D eigenvalue weighted by molar-refractivity contribution is 6.35. The predicted molar refractivity (Wildman–Crippen MR) is 69.4 cm³/mol. The van der Waals surface area contributed by atoms with E-state index < -0.39 is 0 Å². The molecule has 2 nitrogen and oxygen atoms in total. The summed E-state index contributed by atoms with van der Waals surface area (Å²) in [4.78, 5) is 0. The highest BCUT2D eigenvalue weighted by Gasteiger charge is 2.12. The van der Waals surface area contributed by atoms with E-state index in [9.17, 15) is 0 Å². The van der Waals surface area contributed by atoms with E-state index in [1.165, 1.54) is 0 Å². The SMILES string of the molecule is COCC(C)NC(C)c1ccc(Cl)cc1Cl. The molecule has 0 fully saturated rings. The molecule has 1 aromatic rings. The van der Waals surface area contributed by atoms with Crippen LogP contribution in [0.1, 0.15) is 25.5 Å². The van der Waals surface area contributed by atoms with Gasteiger partial charge in [0.25, 0.3) is 0 Å². The van der Waals surface area contributed by atoms with Crippen LogP contribution in [0.25, 0.3) is 0 Å². The summed E-state index contributed by atoms with van der Waals surface area (Å²) in [5, 5.41) is 4.75. The van der Waals surface area contributed by atoms with Crippen molar-refractivity contribution < 1.29 is 4.74 Å². The van der Waals surface area contributed by atoms with Gasteiger partial charge >= 0.3 is 0 Å². The van der Waals surface area contributed by atoms with Gasteiger partial charge in [0.2, 0.25) is 0 Å². The maximum absolute atomic E-state index is 6.13. The molecule has 0 radical (unpaired) electrons. The van der Waals surface area contributed by atoms with E-state index in [0.717, 1.165) is 5.56 Å². The maximum Gasteiger partial charge on any atom is 0.0613 e. The molecule has 0 saturated carbocycles. The molecule has 0 aliphatic heterocycles. The summed E-state index contributed by atoms with van der Waals surface area (Å²) in [6.07, 6.45) is 0. The number of hydrogen-bond donors (Lipinski definition) is 1. The average Bonchev–Trinajstić information content (AvgIpc) is 2.17. The lowest BCUT2D eigenvalue weighted by molar-refractivity contribution is 0.168. The summed E-state index contributed by atoms with van der Waals surface area (Å²) in [6, 6.07) is 6.02. The number of nitrogens with one attached hydrogen (secondary N) is 1. The molecule has 2 atom stereocenters. The minimum absolute atomic E-state index is 0.176. The first-order valence-electron chi connectivity index (χ1n) is 5.24. The Morgan fingerprint density at radius 3 is 2.56 bits per heavy atom. The zero-order valence-corrected chi connectivity index (χ0v) is 11.3. The van der Waals surface area contributed by atoms with Crippen molar-refractivity contribution >= 4 is 23.2 Å². The molecule has 0 heterocycles. The Kier molecular flexibility index (Phi) is 5.56. The Hall–Kier alpha value is -0.280. The molecule has 0 saturated heterocycles. The molecule has 1 aromatic carbocycles. The third-order valence-corrected chi connectivity index (χ3v) is 2.94. The van der Waals surface area contributed by atoms with E-state index in [4.69, 9.17) is 27.9 Å². The Balaban J connectivity index is 2.69. The first-order valence-corrected chi connectivity index (χ1v) is 6.00. The van der Waals surface area contributed by atoms with Gasteiger partial charge in [-0.2, -0.15) is 0 Å². The lowest BCUT2D eigenvalue weighted by Gasteiger charge is -2.20. The zero-order chi connectivity index (χ0) is 12.1. The van der Waals surface area contributed by atoms with Crippen molar-refractivity contribution in [2.75, 3.05) is 13.7 Å². The van der Waals surface area contributed by atoms with E-state index in [2.05, 4.69) is 19.2 Å². The highest BCUT2D eigenvalue weighted by Crippen LogP contribution is 2.26. The van der Waals surface area contributed by atoms with Gasteiger partial charge < -0.3 is 10.1 Å². The van der Waals surface area contributed by atoms with E-state index in [0.29, 0.717) is 16.7 Å². The lowest BCUT2D eigenvalue weighted by Crippen LogP contribution is -2.32. The molecular formula is C12H17Cl2NO. The second kappa shape index (κ2) is 6.45. The molecule has 1 N–H and O–H groups in total. The van der Waals surface area contributed by atoms with Crippen LogP contribution in [0.5, 0.6) is 0 Å². The average molecular weight is 262 g/mol. The van der Waals surface area contributed by atoms with Crippen molar-refractivity contribution in [3.63, 3.8) is 0 Å². The van der Waals surface area contributed by atoms with Crippen molar-refractivity contribution in [3.05, 3.63) is 33.8 Å². The Morgan fingerprint density at radius 1 is 1.31 bits per heavy atom. The molecule has 0 aliphatic carbocycles. The summed E-state index contributed by atoms with van der Waals surface area (Å²) in [5.74, 6) is 0. The number of ether oxygens (including phenoxy) is 1. The van der Waals surface area contributed by atoms with Crippen molar-refractivity contribution in [2.24, 2.45) is 0 Å². The van der Waals surface area contributed by atoms with Gasteiger partial charge in [-0.1, -0.05) is 29.3 Å². The quantitative estimate of drug-likeness (QED) is 0.874. The van der Waals surface area contributed by atoms with E-state index >= 15 is 0 Å². The summed E-state index contributed by atoms with van der Waals surface area (Å²) < 4.78 is 5.07. The zero-order valence-electron chi connectivity index (χ0n) is 9.76. The summed E-state index contributed by atoms with van der Waals surface area (Å²) in [6.45, 7) is 4.82. The molecule has 0 amide bonds. The summed E-state index contributed by atoms with van der Waals surface area (Å²) in [5.41, 5.74) is 1.05. The molecular weight excluding hydrogens is 245 g/mol. The van der Waals surface area contributed by atoms with Crippen LogP contribution in [0.15, 0.2) is 18.2 Å². The Labute approximate surface area is 107 Å². The van der Waals surface area contributed by atoms with Gasteiger partial charge in [0.05, 0.1) is 6.61 Å². The van der Waals surface area contributed by atoms with Crippen LogP contribution in [0, 0.1) is 0 Å². The van der Waals surface area contributed by atoms with Crippen LogP contribution < -0.4 is 5.32 Å². The van der Waals surface area contributed by atoms with Gasteiger partial charge in [0.1, 0.15) is 0 Å². The fraction of sp³-hybridized carbons (Fsp3) is 0.500. The smallest absolute Gasteiger partial charge is 0.0613 e. The maximum atomic E-state index is 6.13. The highest BCUT2D eigenvalue weighted by atomic mass is 35.5. The van der Waals surface area contributed by atoms with Gasteiger partial charge in [-0.15, -0.1) is 0 Å². The second-order valence-corrected chi connectivity index (χ2v) is 4.75. The van der Waals surface area contributed by atoms with Crippen LogP contribution in [-0.4, -0.2) is 19.8 Å². The van der Waals surface area contributed by atoms with Crippen LogP contribution in [0.4, 0.5) is 0 Å². The van der Waals surface area contributed by atoms with Gasteiger partial charge in [0, 0.05) is 29.2 Å². The molecule has 0 bridgehead atoms. The van der Waals surface area contributed by atoms with Gasteiger partial charge in [-0.05, 0) is 31.5 Å². The first kappa shape index (κ1) is 13.8. The largest absolute Gasteiger partial charge is 0.383 e. The minimum Gasteiger partial charge on any atom is -0.383 e. The predicted octanol–water partition coefficient (Wildman–Crippen LogP) is 3.68. The Bertz CT molecular complexity index is 344. The molecule has 16 heavy (non-hydrogen) atoms. The monoisotopic (exact) mass is 261 g/mol. The number of rotatable bonds is 5. The standard InChI is InChI=1S/C12H17Cl2NO/c1-8(7-16-3)15-9(2)11-5-4-10(13)6-12(11)14/h4-6,8-9,15H,7H2,1-3H3. The number of benzene rings is 1. The summed E-state index contributed by atoms with van der Waals surface area (Å²) >= 11 is 12.0. The number of methoxy groups -OCH3 is 1. The van der Waals surface area contributed by atoms with E-state index in [1.807, 2.05) is 12.1 Å². The summed E-state index contributed by atoms with van der Waals surface area (Å²) in [7, 11) is 1.69. The molecule has 90 valence electrons. The van der Waals surface area contributed by atoms with E-state index in [-0.39, 0.29) is 12.1 Å². The fourth-order valence-corrected chi connectivity index (χ4v) is 2.24. The molecule has 0 aliphatic rings. The third-order valence-electron chi connectivity index (χ3n) is 2.38. The second-order valence-electron chi connectivity index (χ2n) is 3.91. The van der Waals surface area contributed by atoms with Crippen LogP contribution >= 0.6 is 23.2 Å². The van der Waals surface area contributed by atoms with Crippen LogP contribution in [0.3, 0.4) is 0 Å². The van der Waals surface area contributed by atoms with Crippen molar-refractivity contribution in [3.8, 4) is 0 Å². The molecule has 1 rings (SSSR count).